The molecule has 0 saturated heterocycles. The Kier molecular flexibility index (Phi) is 5.63. The van der Waals surface area contributed by atoms with Gasteiger partial charge < -0.3 is 4.74 Å². The van der Waals surface area contributed by atoms with Gasteiger partial charge in [-0.2, -0.15) is 0 Å². The molecule has 0 aliphatic carbocycles. The van der Waals surface area contributed by atoms with Gasteiger partial charge in [0.1, 0.15) is 5.82 Å². The first-order valence-corrected chi connectivity index (χ1v) is 7.47. The third-order valence-corrected chi connectivity index (χ3v) is 3.65. The molecular weight excluding hydrogens is 289 g/mol. The number of ether oxygens (including phenoxy) is 1. The molecule has 0 saturated carbocycles. The van der Waals surface area contributed by atoms with Crippen LogP contribution in [0.1, 0.15) is 13.3 Å². The Morgan fingerprint density at radius 2 is 2.00 bits per heavy atom. The second kappa shape index (κ2) is 7.69. The Morgan fingerprint density at radius 3 is 2.71 bits per heavy atom. The van der Waals surface area contributed by atoms with Crippen LogP contribution in [-0.2, 0) is 4.74 Å². The van der Waals surface area contributed by atoms with Crippen LogP contribution in [0.2, 0.25) is 0 Å². The normalized spacial score (nSPS) is 10.2. The van der Waals surface area contributed by atoms with Gasteiger partial charge in [0.15, 0.2) is 0 Å². The van der Waals surface area contributed by atoms with Crippen molar-refractivity contribution in [3.63, 3.8) is 0 Å². The molecule has 5 heteroatoms. The van der Waals surface area contributed by atoms with E-state index in [4.69, 9.17) is 4.74 Å². The third-order valence-electron chi connectivity index (χ3n) is 2.59. The summed E-state index contributed by atoms with van der Waals surface area (Å²) in [6.45, 7) is 2.27. The molecule has 0 aliphatic heterocycles. The van der Waals surface area contributed by atoms with Gasteiger partial charge in [0, 0.05) is 9.79 Å². The average Bonchev–Trinajstić information content (AvgIpc) is 2.49. The van der Waals surface area contributed by atoms with Gasteiger partial charge in [0.2, 0.25) is 0 Å². The molecule has 1 N–H and O–H groups in total. The van der Waals surface area contributed by atoms with Crippen molar-refractivity contribution in [2.24, 2.45) is 0 Å². The monoisotopic (exact) mass is 305 g/mol. The molecule has 0 atom stereocenters. The van der Waals surface area contributed by atoms with Crippen LogP contribution in [0.4, 0.5) is 14.9 Å². The average molecular weight is 305 g/mol. The van der Waals surface area contributed by atoms with E-state index in [2.05, 4.69) is 5.32 Å². The fraction of sp³-hybridized carbons (Fsp3) is 0.188. The van der Waals surface area contributed by atoms with Gasteiger partial charge >= 0.3 is 6.09 Å². The van der Waals surface area contributed by atoms with Crippen molar-refractivity contribution in [3.05, 3.63) is 54.3 Å². The minimum absolute atomic E-state index is 0.346. The van der Waals surface area contributed by atoms with E-state index in [9.17, 15) is 9.18 Å². The summed E-state index contributed by atoms with van der Waals surface area (Å²) in [7, 11) is 0. The fourth-order valence-electron chi connectivity index (χ4n) is 1.64. The summed E-state index contributed by atoms with van der Waals surface area (Å²) in [6, 6.07) is 13.8. The second-order valence-corrected chi connectivity index (χ2v) is 5.43. The molecule has 110 valence electrons. The molecular formula is C16H16FNO2S. The van der Waals surface area contributed by atoms with Gasteiger partial charge in [0.25, 0.3) is 0 Å². The first-order valence-electron chi connectivity index (χ1n) is 6.65. The zero-order valence-corrected chi connectivity index (χ0v) is 12.5. The predicted octanol–water partition coefficient (Wildman–Crippen LogP) is 4.94. The van der Waals surface area contributed by atoms with Crippen LogP contribution in [0.3, 0.4) is 0 Å². The summed E-state index contributed by atoms with van der Waals surface area (Å²) in [5, 5.41) is 2.64. The summed E-state index contributed by atoms with van der Waals surface area (Å²) in [6.07, 6.45) is 0.223. The first kappa shape index (κ1) is 15.4. The van der Waals surface area contributed by atoms with Gasteiger partial charge in [0.05, 0.1) is 12.3 Å². The predicted molar refractivity (Wildman–Crippen MR) is 82.2 cm³/mol. The van der Waals surface area contributed by atoms with E-state index in [-0.39, 0.29) is 5.82 Å². The number of benzene rings is 2. The number of carbonyl (C=O) groups excluding carboxylic acids is 1. The molecule has 0 spiro atoms. The number of rotatable bonds is 5. The van der Waals surface area contributed by atoms with Crippen LogP contribution in [-0.4, -0.2) is 12.7 Å². The van der Waals surface area contributed by atoms with Gasteiger partial charge in [-0.05, 0) is 36.8 Å². The highest BCUT2D eigenvalue weighted by atomic mass is 32.2. The lowest BCUT2D eigenvalue weighted by atomic mass is 10.3. The Morgan fingerprint density at radius 1 is 1.24 bits per heavy atom. The molecule has 0 fully saturated rings. The van der Waals surface area contributed by atoms with Gasteiger partial charge in [-0.1, -0.05) is 36.9 Å². The molecule has 21 heavy (non-hydrogen) atoms. The number of hydrogen-bond donors (Lipinski definition) is 1. The molecule has 0 aromatic heterocycles. The third kappa shape index (κ3) is 4.79. The van der Waals surface area contributed by atoms with Crippen molar-refractivity contribution in [1.29, 1.82) is 0 Å². The van der Waals surface area contributed by atoms with Crippen molar-refractivity contribution in [1.82, 2.24) is 0 Å². The highest BCUT2D eigenvalue weighted by Gasteiger charge is 2.10. The number of carbonyl (C=O) groups is 1. The number of nitrogens with one attached hydrogen (secondary N) is 1. The second-order valence-electron chi connectivity index (χ2n) is 4.32. The smallest absolute Gasteiger partial charge is 0.411 e. The number of anilines is 1. The Labute approximate surface area is 127 Å². The molecule has 2 rings (SSSR count). The Bertz CT molecular complexity index is 604. The number of amides is 1. The molecule has 0 aliphatic rings. The molecule has 3 nitrogen and oxygen atoms in total. The standard InChI is InChI=1S/C16H16FNO2S/c1-2-10-20-16(19)18-14-9-8-12(17)11-15(14)21-13-6-4-3-5-7-13/h3-9,11H,2,10H2,1H3,(H,18,19). The molecule has 0 heterocycles. The highest BCUT2D eigenvalue weighted by molar-refractivity contribution is 7.99. The van der Waals surface area contributed by atoms with Crippen LogP contribution >= 0.6 is 11.8 Å². The van der Waals surface area contributed by atoms with E-state index < -0.39 is 6.09 Å². The summed E-state index contributed by atoms with van der Waals surface area (Å²) < 4.78 is 18.4. The van der Waals surface area contributed by atoms with E-state index in [1.54, 1.807) is 0 Å². The van der Waals surface area contributed by atoms with Crippen LogP contribution in [0.15, 0.2) is 58.3 Å². The van der Waals surface area contributed by atoms with E-state index in [0.29, 0.717) is 17.2 Å². The van der Waals surface area contributed by atoms with E-state index >= 15 is 0 Å². The van der Waals surface area contributed by atoms with Crippen LogP contribution in [0.25, 0.3) is 0 Å². The maximum Gasteiger partial charge on any atom is 0.411 e. The molecule has 0 bridgehead atoms. The summed E-state index contributed by atoms with van der Waals surface area (Å²) in [5.41, 5.74) is 0.534. The lowest BCUT2D eigenvalue weighted by Crippen LogP contribution is -2.14. The molecule has 2 aromatic carbocycles. The SMILES string of the molecule is CCCOC(=O)Nc1ccc(F)cc1Sc1ccccc1. The van der Waals surface area contributed by atoms with Crippen molar-refractivity contribution in [3.8, 4) is 0 Å². The van der Waals surface area contributed by atoms with E-state index in [1.165, 1.54) is 30.0 Å². The van der Waals surface area contributed by atoms with Crippen LogP contribution in [0.5, 0.6) is 0 Å². The molecule has 1 amide bonds. The minimum Gasteiger partial charge on any atom is -0.449 e. The lowest BCUT2D eigenvalue weighted by Gasteiger charge is -2.11. The number of hydrogen-bond acceptors (Lipinski definition) is 3. The Hall–Kier alpha value is -2.01. The summed E-state index contributed by atoms with van der Waals surface area (Å²) in [4.78, 5) is 13.2. The maximum atomic E-state index is 13.4. The van der Waals surface area contributed by atoms with Crippen LogP contribution < -0.4 is 5.32 Å². The molecule has 2 aromatic rings. The zero-order chi connectivity index (χ0) is 15.1. The van der Waals surface area contributed by atoms with Gasteiger partial charge in [-0.25, -0.2) is 9.18 Å². The van der Waals surface area contributed by atoms with Crippen molar-refractivity contribution in [2.45, 2.75) is 23.1 Å². The minimum atomic E-state index is -0.529. The zero-order valence-electron chi connectivity index (χ0n) is 11.6. The van der Waals surface area contributed by atoms with E-state index in [1.807, 2.05) is 37.3 Å². The van der Waals surface area contributed by atoms with Crippen molar-refractivity contribution < 1.29 is 13.9 Å². The van der Waals surface area contributed by atoms with Crippen LogP contribution in [0, 0.1) is 5.82 Å². The van der Waals surface area contributed by atoms with Crippen molar-refractivity contribution in [2.75, 3.05) is 11.9 Å². The van der Waals surface area contributed by atoms with Crippen molar-refractivity contribution >= 4 is 23.5 Å². The topological polar surface area (TPSA) is 38.3 Å². The lowest BCUT2D eigenvalue weighted by molar-refractivity contribution is 0.161. The summed E-state index contributed by atoms with van der Waals surface area (Å²) >= 11 is 1.38. The largest absolute Gasteiger partial charge is 0.449 e. The van der Waals surface area contributed by atoms with Gasteiger partial charge in [-0.3, -0.25) is 5.32 Å². The highest BCUT2D eigenvalue weighted by Crippen LogP contribution is 2.34. The fourth-order valence-corrected chi connectivity index (χ4v) is 2.59. The summed E-state index contributed by atoms with van der Waals surface area (Å²) in [5.74, 6) is -0.346. The Balaban J connectivity index is 2.15. The maximum absolute atomic E-state index is 13.4. The molecule has 0 radical (unpaired) electrons. The first-order chi connectivity index (χ1) is 10.2. The van der Waals surface area contributed by atoms with E-state index in [0.717, 1.165) is 11.3 Å². The van der Waals surface area contributed by atoms with Gasteiger partial charge in [-0.15, -0.1) is 0 Å². The molecule has 0 unspecified atom stereocenters. The number of halogens is 1. The quantitative estimate of drug-likeness (QED) is 0.850.